The van der Waals surface area contributed by atoms with Crippen LogP contribution in [0.2, 0.25) is 5.02 Å². The minimum Gasteiger partial charge on any atom is -0.451 e. The number of pyridine rings is 1. The van der Waals surface area contributed by atoms with Gasteiger partial charge in [0.25, 0.3) is 11.8 Å². The van der Waals surface area contributed by atoms with Gasteiger partial charge in [0.15, 0.2) is 6.61 Å². The van der Waals surface area contributed by atoms with Crippen molar-refractivity contribution >= 4 is 35.1 Å². The molecule has 0 aliphatic heterocycles. The molecule has 1 aromatic heterocycles. The predicted molar refractivity (Wildman–Crippen MR) is 102 cm³/mol. The van der Waals surface area contributed by atoms with Gasteiger partial charge in [-0.3, -0.25) is 9.59 Å². The average molecular weight is 390 g/mol. The molecule has 1 aromatic carbocycles. The lowest BCUT2D eigenvalue weighted by Crippen LogP contribution is -2.30. The van der Waals surface area contributed by atoms with Crippen molar-refractivity contribution in [3.8, 4) is 0 Å². The number of esters is 1. The molecule has 7 nitrogen and oxygen atoms in total. The van der Waals surface area contributed by atoms with Gasteiger partial charge in [0, 0.05) is 35.6 Å². The summed E-state index contributed by atoms with van der Waals surface area (Å²) in [5, 5.41) is 2.94. The Morgan fingerprint density at radius 2 is 1.89 bits per heavy atom. The van der Waals surface area contributed by atoms with Crippen molar-refractivity contribution in [1.29, 1.82) is 0 Å². The zero-order valence-electron chi connectivity index (χ0n) is 15.1. The molecule has 142 valence electrons. The highest BCUT2D eigenvalue weighted by Gasteiger charge is 2.15. The van der Waals surface area contributed by atoms with Gasteiger partial charge in [-0.15, -0.1) is 0 Å². The second kappa shape index (κ2) is 9.68. The second-order valence-electron chi connectivity index (χ2n) is 5.54. The number of halogens is 1. The van der Waals surface area contributed by atoms with Crippen LogP contribution in [0.3, 0.4) is 0 Å². The third-order valence-electron chi connectivity index (χ3n) is 3.71. The predicted octanol–water partition coefficient (Wildman–Crippen LogP) is 3.01. The molecule has 0 radical (unpaired) electrons. The summed E-state index contributed by atoms with van der Waals surface area (Å²) in [6.07, 6.45) is 1.37. The van der Waals surface area contributed by atoms with Gasteiger partial charge in [0.05, 0.1) is 0 Å². The molecule has 27 heavy (non-hydrogen) atoms. The van der Waals surface area contributed by atoms with E-state index in [4.69, 9.17) is 16.3 Å². The third-order valence-corrected chi connectivity index (χ3v) is 3.94. The maximum atomic E-state index is 12.4. The third kappa shape index (κ3) is 5.79. The molecule has 0 unspecified atom stereocenters. The van der Waals surface area contributed by atoms with E-state index in [0.717, 1.165) is 0 Å². The van der Waals surface area contributed by atoms with E-state index in [1.165, 1.54) is 18.3 Å². The topological polar surface area (TPSA) is 88.6 Å². The van der Waals surface area contributed by atoms with Gasteiger partial charge < -0.3 is 15.0 Å². The van der Waals surface area contributed by atoms with Gasteiger partial charge in [0.1, 0.15) is 5.69 Å². The highest BCUT2D eigenvalue weighted by Crippen LogP contribution is 2.13. The van der Waals surface area contributed by atoms with Crippen LogP contribution in [0.25, 0.3) is 0 Å². The van der Waals surface area contributed by atoms with E-state index < -0.39 is 18.5 Å². The van der Waals surface area contributed by atoms with E-state index in [-0.39, 0.29) is 11.6 Å². The van der Waals surface area contributed by atoms with Crippen LogP contribution in [0.4, 0.5) is 5.69 Å². The Morgan fingerprint density at radius 1 is 1.15 bits per heavy atom. The number of hydrogen-bond donors (Lipinski definition) is 1. The molecule has 1 heterocycles. The fourth-order valence-corrected chi connectivity index (χ4v) is 2.50. The summed E-state index contributed by atoms with van der Waals surface area (Å²) in [5.74, 6) is -1.40. The molecular weight excluding hydrogens is 370 g/mol. The van der Waals surface area contributed by atoms with Crippen LogP contribution >= 0.6 is 11.6 Å². The number of nitrogens with one attached hydrogen (secondary N) is 1. The second-order valence-corrected chi connectivity index (χ2v) is 5.98. The Morgan fingerprint density at radius 3 is 2.56 bits per heavy atom. The fraction of sp³-hybridized carbons (Fsp3) is 0.263. The zero-order valence-corrected chi connectivity index (χ0v) is 15.8. The average Bonchev–Trinajstić information content (AvgIpc) is 2.67. The van der Waals surface area contributed by atoms with Crippen molar-refractivity contribution < 1.29 is 19.1 Å². The molecule has 0 atom stereocenters. The molecule has 2 aromatic rings. The summed E-state index contributed by atoms with van der Waals surface area (Å²) >= 11 is 5.78. The number of carbonyl (C=O) groups excluding carboxylic acids is 3. The number of amides is 2. The van der Waals surface area contributed by atoms with Crippen LogP contribution in [0.15, 0.2) is 42.6 Å². The molecule has 0 aliphatic carbocycles. The van der Waals surface area contributed by atoms with Crippen LogP contribution in [0, 0.1) is 0 Å². The fourth-order valence-electron chi connectivity index (χ4n) is 2.34. The summed E-state index contributed by atoms with van der Waals surface area (Å²) in [7, 11) is 0. The van der Waals surface area contributed by atoms with Crippen LogP contribution in [0.1, 0.15) is 34.7 Å². The lowest BCUT2D eigenvalue weighted by molar-refractivity contribution is -0.119. The quantitative estimate of drug-likeness (QED) is 0.735. The molecule has 0 bridgehead atoms. The first-order chi connectivity index (χ1) is 12.9. The molecule has 8 heteroatoms. The van der Waals surface area contributed by atoms with Crippen molar-refractivity contribution in [2.24, 2.45) is 0 Å². The number of carbonyl (C=O) groups is 3. The van der Waals surface area contributed by atoms with E-state index in [1.54, 1.807) is 29.2 Å². The smallest absolute Gasteiger partial charge is 0.357 e. The number of anilines is 1. The maximum absolute atomic E-state index is 12.4. The number of aromatic nitrogens is 1. The zero-order chi connectivity index (χ0) is 19.8. The van der Waals surface area contributed by atoms with E-state index >= 15 is 0 Å². The Balaban J connectivity index is 1.95. The minimum atomic E-state index is -0.752. The van der Waals surface area contributed by atoms with Crippen LogP contribution in [-0.4, -0.2) is 47.4 Å². The van der Waals surface area contributed by atoms with Crippen LogP contribution < -0.4 is 5.32 Å². The SMILES string of the molecule is CCN(CC)C(=O)c1cccc(NC(=O)COC(=O)c2cc(Cl)ccn2)c1. The first kappa shape index (κ1) is 20.4. The molecule has 2 amide bonds. The molecule has 0 saturated heterocycles. The van der Waals surface area contributed by atoms with Crippen molar-refractivity contribution in [2.75, 3.05) is 25.0 Å². The summed E-state index contributed by atoms with van der Waals surface area (Å²) in [6, 6.07) is 9.47. The van der Waals surface area contributed by atoms with Gasteiger partial charge in [-0.1, -0.05) is 17.7 Å². The highest BCUT2D eigenvalue weighted by molar-refractivity contribution is 6.30. The standard InChI is InChI=1S/C19H20ClN3O4/c1-3-23(4-2)18(25)13-6-5-7-15(10-13)22-17(24)12-27-19(26)16-11-14(20)8-9-21-16/h5-11H,3-4,12H2,1-2H3,(H,22,24). The number of rotatable bonds is 7. The van der Waals surface area contributed by atoms with Gasteiger partial charge >= 0.3 is 5.97 Å². The normalized spacial score (nSPS) is 10.2. The highest BCUT2D eigenvalue weighted by atomic mass is 35.5. The van der Waals surface area contributed by atoms with E-state index in [2.05, 4.69) is 10.3 Å². The molecule has 0 fully saturated rings. The van der Waals surface area contributed by atoms with Crippen molar-refractivity contribution in [3.05, 3.63) is 58.9 Å². The molecule has 0 spiro atoms. The van der Waals surface area contributed by atoms with Gasteiger partial charge in [-0.25, -0.2) is 9.78 Å². The maximum Gasteiger partial charge on any atom is 0.357 e. The Kier molecular flexibility index (Phi) is 7.31. The van der Waals surface area contributed by atoms with Gasteiger partial charge in [-0.05, 0) is 44.2 Å². The summed E-state index contributed by atoms with van der Waals surface area (Å²) in [6.45, 7) is 4.51. The van der Waals surface area contributed by atoms with E-state index in [0.29, 0.717) is 29.4 Å². The number of nitrogens with zero attached hydrogens (tertiary/aromatic N) is 2. The molecule has 2 rings (SSSR count). The summed E-state index contributed by atoms with van der Waals surface area (Å²) in [4.78, 5) is 41.8. The summed E-state index contributed by atoms with van der Waals surface area (Å²) in [5.41, 5.74) is 0.925. The lowest BCUT2D eigenvalue weighted by atomic mass is 10.1. The van der Waals surface area contributed by atoms with Gasteiger partial charge in [0.2, 0.25) is 0 Å². The van der Waals surface area contributed by atoms with Gasteiger partial charge in [-0.2, -0.15) is 0 Å². The molecule has 0 aliphatic rings. The van der Waals surface area contributed by atoms with Crippen molar-refractivity contribution in [3.63, 3.8) is 0 Å². The van der Waals surface area contributed by atoms with Crippen molar-refractivity contribution in [2.45, 2.75) is 13.8 Å². The van der Waals surface area contributed by atoms with Crippen LogP contribution in [-0.2, 0) is 9.53 Å². The lowest BCUT2D eigenvalue weighted by Gasteiger charge is -2.19. The van der Waals surface area contributed by atoms with Crippen molar-refractivity contribution in [1.82, 2.24) is 9.88 Å². The first-order valence-corrected chi connectivity index (χ1v) is 8.80. The molecular formula is C19H20ClN3O4. The van der Waals surface area contributed by atoms with E-state index in [1.807, 2.05) is 13.8 Å². The first-order valence-electron chi connectivity index (χ1n) is 8.42. The Labute approximate surface area is 162 Å². The van der Waals surface area contributed by atoms with Crippen LogP contribution in [0.5, 0.6) is 0 Å². The number of ether oxygens (including phenoxy) is 1. The monoisotopic (exact) mass is 389 g/mol. The largest absolute Gasteiger partial charge is 0.451 e. The number of hydrogen-bond acceptors (Lipinski definition) is 5. The minimum absolute atomic E-state index is 0.0158. The Bertz CT molecular complexity index is 837. The molecule has 0 saturated carbocycles. The summed E-state index contributed by atoms with van der Waals surface area (Å²) < 4.78 is 4.92. The molecule has 1 N–H and O–H groups in total. The Hall–Kier alpha value is -2.93. The van der Waals surface area contributed by atoms with E-state index in [9.17, 15) is 14.4 Å². The number of benzene rings is 1.